The van der Waals surface area contributed by atoms with Crippen LogP contribution in [0.3, 0.4) is 0 Å². The van der Waals surface area contributed by atoms with Gasteiger partial charge in [0.05, 0.1) is 6.61 Å². The van der Waals surface area contributed by atoms with Crippen LogP contribution in [0.5, 0.6) is 0 Å². The van der Waals surface area contributed by atoms with Gasteiger partial charge in [-0.25, -0.2) is 15.1 Å². The zero-order valence-electron chi connectivity index (χ0n) is 18.4. The van der Waals surface area contributed by atoms with Crippen molar-refractivity contribution in [2.24, 2.45) is 0 Å². The number of ether oxygens (including phenoxy) is 2. The number of amides is 2. The zero-order valence-corrected chi connectivity index (χ0v) is 18.4. The highest BCUT2D eigenvalue weighted by Gasteiger charge is 2.28. The number of methoxy groups -OCH3 is 1. The molecular weight excluding hydrogens is 428 g/mol. The molecule has 0 heterocycles. The summed E-state index contributed by atoms with van der Waals surface area (Å²) in [7, 11) is 1.34. The van der Waals surface area contributed by atoms with E-state index in [1.54, 1.807) is 0 Å². The second-order valence-corrected chi connectivity index (χ2v) is 7.63. The summed E-state index contributed by atoms with van der Waals surface area (Å²) < 4.78 is 10.2. The number of hydrogen-bond donors (Lipinski definition) is 3. The number of alkyl carbamates (subject to hydrolysis) is 1. The van der Waals surface area contributed by atoms with Crippen LogP contribution in [0.15, 0.2) is 48.5 Å². The van der Waals surface area contributed by atoms with Crippen LogP contribution in [0.1, 0.15) is 36.3 Å². The Balaban J connectivity index is 1.34. The quantitative estimate of drug-likeness (QED) is 0.331. The van der Waals surface area contributed by atoms with E-state index in [0.717, 1.165) is 11.1 Å². The van der Waals surface area contributed by atoms with Gasteiger partial charge in [-0.15, -0.1) is 0 Å². The van der Waals surface area contributed by atoms with Gasteiger partial charge in [-0.2, -0.15) is 0 Å². The molecule has 1 aliphatic rings. The SMILES string of the molecule is COCC(ONC(=O)CCCCNC(=O)OCC1c2ccccc2-c2ccccc21)C(=O)O. The van der Waals surface area contributed by atoms with Gasteiger partial charge in [0.15, 0.2) is 0 Å². The Hall–Kier alpha value is -3.43. The van der Waals surface area contributed by atoms with E-state index >= 15 is 0 Å². The molecular formula is C24H28N2O7. The molecule has 0 saturated carbocycles. The summed E-state index contributed by atoms with van der Waals surface area (Å²) in [4.78, 5) is 39.6. The van der Waals surface area contributed by atoms with E-state index in [2.05, 4.69) is 35.1 Å². The molecule has 3 rings (SSSR count). The fourth-order valence-electron chi connectivity index (χ4n) is 3.75. The monoisotopic (exact) mass is 456 g/mol. The van der Waals surface area contributed by atoms with Crippen molar-refractivity contribution >= 4 is 18.0 Å². The van der Waals surface area contributed by atoms with Crippen LogP contribution in [-0.2, 0) is 23.9 Å². The Morgan fingerprint density at radius 1 is 1.00 bits per heavy atom. The van der Waals surface area contributed by atoms with E-state index in [-0.39, 0.29) is 25.6 Å². The maximum atomic E-state index is 12.1. The van der Waals surface area contributed by atoms with Crippen LogP contribution in [0.2, 0.25) is 0 Å². The van der Waals surface area contributed by atoms with Crippen molar-refractivity contribution in [3.05, 3.63) is 59.7 Å². The van der Waals surface area contributed by atoms with Crippen LogP contribution in [0.25, 0.3) is 11.1 Å². The van der Waals surface area contributed by atoms with Crippen LogP contribution in [0.4, 0.5) is 4.79 Å². The summed E-state index contributed by atoms with van der Waals surface area (Å²) >= 11 is 0. The third-order valence-corrected chi connectivity index (χ3v) is 5.35. The summed E-state index contributed by atoms with van der Waals surface area (Å²) in [5.41, 5.74) is 6.74. The van der Waals surface area contributed by atoms with E-state index in [1.165, 1.54) is 18.2 Å². The van der Waals surface area contributed by atoms with Gasteiger partial charge in [0, 0.05) is 26.0 Å². The number of rotatable bonds is 12. The Morgan fingerprint density at radius 2 is 1.64 bits per heavy atom. The lowest BCUT2D eigenvalue weighted by Crippen LogP contribution is -2.37. The molecule has 1 aliphatic carbocycles. The smallest absolute Gasteiger partial charge is 0.407 e. The predicted octanol–water partition coefficient (Wildman–Crippen LogP) is 2.84. The second kappa shape index (κ2) is 12.0. The Morgan fingerprint density at radius 3 is 2.24 bits per heavy atom. The number of unbranched alkanes of at least 4 members (excludes halogenated alkanes) is 1. The van der Waals surface area contributed by atoms with Crippen molar-refractivity contribution in [3.8, 4) is 11.1 Å². The number of carbonyl (C=O) groups is 3. The molecule has 9 heteroatoms. The summed E-state index contributed by atoms with van der Waals surface area (Å²) in [6, 6.07) is 16.2. The third kappa shape index (κ3) is 6.53. The number of carboxylic acid groups (broad SMARTS) is 1. The number of carboxylic acids is 1. The fraction of sp³-hybridized carbons (Fsp3) is 0.375. The lowest BCUT2D eigenvalue weighted by atomic mass is 9.98. The van der Waals surface area contributed by atoms with Crippen molar-refractivity contribution in [2.75, 3.05) is 26.9 Å². The molecule has 0 aromatic heterocycles. The maximum absolute atomic E-state index is 12.1. The number of benzene rings is 2. The van der Waals surface area contributed by atoms with Gasteiger partial charge >= 0.3 is 12.1 Å². The standard InChI is InChI=1S/C24H28N2O7/c1-31-15-21(23(28)29)33-26-22(27)12-6-7-13-25-24(30)32-14-20-18-10-4-2-8-16(18)17-9-3-5-11-19(17)20/h2-5,8-11,20-21H,6-7,12-15H2,1H3,(H,25,30)(H,26,27)(H,28,29). The molecule has 0 saturated heterocycles. The third-order valence-electron chi connectivity index (χ3n) is 5.35. The molecule has 2 aromatic rings. The summed E-state index contributed by atoms with van der Waals surface area (Å²) in [6.07, 6.45) is -0.604. The maximum Gasteiger partial charge on any atom is 0.407 e. The van der Waals surface area contributed by atoms with Crippen molar-refractivity contribution in [1.82, 2.24) is 10.8 Å². The van der Waals surface area contributed by atoms with Gasteiger partial charge in [-0.3, -0.25) is 9.63 Å². The lowest BCUT2D eigenvalue weighted by Gasteiger charge is -2.14. The molecule has 0 aliphatic heterocycles. The van der Waals surface area contributed by atoms with E-state index in [4.69, 9.17) is 19.4 Å². The Kier molecular flexibility index (Phi) is 8.79. The van der Waals surface area contributed by atoms with Crippen LogP contribution >= 0.6 is 0 Å². The van der Waals surface area contributed by atoms with Crippen molar-refractivity contribution < 1.29 is 33.8 Å². The fourth-order valence-corrected chi connectivity index (χ4v) is 3.75. The van der Waals surface area contributed by atoms with Gasteiger partial charge < -0.3 is 19.9 Å². The van der Waals surface area contributed by atoms with Gasteiger partial charge in [-0.1, -0.05) is 48.5 Å². The van der Waals surface area contributed by atoms with Crippen molar-refractivity contribution in [1.29, 1.82) is 0 Å². The molecule has 1 unspecified atom stereocenters. The predicted molar refractivity (Wildman–Crippen MR) is 119 cm³/mol. The average Bonchev–Trinajstić information content (AvgIpc) is 3.13. The first kappa shape index (κ1) is 24.2. The van der Waals surface area contributed by atoms with Gasteiger partial charge in [0.1, 0.15) is 6.61 Å². The van der Waals surface area contributed by atoms with Crippen LogP contribution in [-0.4, -0.2) is 56.0 Å². The van der Waals surface area contributed by atoms with Crippen LogP contribution in [0, 0.1) is 0 Å². The number of hydrogen-bond acceptors (Lipinski definition) is 6. The number of aliphatic carboxylic acids is 1. The molecule has 0 fully saturated rings. The number of hydroxylamine groups is 1. The topological polar surface area (TPSA) is 123 Å². The minimum Gasteiger partial charge on any atom is -0.479 e. The molecule has 3 N–H and O–H groups in total. The summed E-state index contributed by atoms with van der Waals surface area (Å²) in [6.45, 7) is 0.414. The van der Waals surface area contributed by atoms with E-state index in [1.807, 2.05) is 24.3 Å². The zero-order chi connectivity index (χ0) is 23.6. The molecule has 33 heavy (non-hydrogen) atoms. The van der Waals surface area contributed by atoms with Gasteiger partial charge in [0.2, 0.25) is 12.0 Å². The molecule has 0 radical (unpaired) electrons. The summed E-state index contributed by atoms with van der Waals surface area (Å²) in [5, 5.41) is 11.6. The largest absolute Gasteiger partial charge is 0.479 e. The van der Waals surface area contributed by atoms with Gasteiger partial charge in [0.25, 0.3) is 0 Å². The lowest BCUT2D eigenvalue weighted by molar-refractivity contribution is -0.164. The second-order valence-electron chi connectivity index (χ2n) is 7.63. The van der Waals surface area contributed by atoms with Crippen molar-refractivity contribution in [3.63, 3.8) is 0 Å². The van der Waals surface area contributed by atoms with E-state index < -0.39 is 24.1 Å². The molecule has 0 spiro atoms. The average molecular weight is 456 g/mol. The molecule has 0 bridgehead atoms. The molecule has 2 aromatic carbocycles. The highest BCUT2D eigenvalue weighted by atomic mass is 16.7. The first-order chi connectivity index (χ1) is 16.0. The molecule has 9 nitrogen and oxygen atoms in total. The summed E-state index contributed by atoms with van der Waals surface area (Å²) in [5.74, 6) is -1.68. The molecule has 2 amide bonds. The van der Waals surface area contributed by atoms with Crippen molar-refractivity contribution in [2.45, 2.75) is 31.3 Å². The number of carbonyl (C=O) groups excluding carboxylic acids is 2. The Labute approximate surface area is 192 Å². The minimum absolute atomic E-state index is 0.000387. The van der Waals surface area contributed by atoms with E-state index in [9.17, 15) is 14.4 Å². The highest BCUT2D eigenvalue weighted by molar-refractivity contribution is 5.79. The molecule has 1 atom stereocenters. The van der Waals surface area contributed by atoms with Gasteiger partial charge in [-0.05, 0) is 35.1 Å². The highest BCUT2D eigenvalue weighted by Crippen LogP contribution is 2.44. The minimum atomic E-state index is -1.27. The van der Waals surface area contributed by atoms with Crippen LogP contribution < -0.4 is 10.8 Å². The normalized spacial score (nSPS) is 13.0. The van der Waals surface area contributed by atoms with E-state index in [0.29, 0.717) is 19.4 Å². The number of fused-ring (bicyclic) bond motifs is 3. The number of nitrogens with one attached hydrogen (secondary N) is 2. The first-order valence-corrected chi connectivity index (χ1v) is 10.8. The first-order valence-electron chi connectivity index (χ1n) is 10.8. The Bertz CT molecular complexity index is 933. The molecule has 176 valence electrons.